The van der Waals surface area contributed by atoms with Crippen LogP contribution in [0.25, 0.3) is 10.2 Å². The molecule has 0 radical (unpaired) electrons. The maximum absolute atomic E-state index is 12.4. The predicted octanol–water partition coefficient (Wildman–Crippen LogP) is 2.16. The fourth-order valence-corrected chi connectivity index (χ4v) is 4.51. The zero-order chi connectivity index (χ0) is 19.4. The molecular formula is C19H24N6OS. The Hall–Kier alpha value is -2.26. The van der Waals surface area contributed by atoms with Crippen LogP contribution in [0.5, 0.6) is 0 Å². The van der Waals surface area contributed by atoms with E-state index in [4.69, 9.17) is 5.26 Å². The van der Waals surface area contributed by atoms with Gasteiger partial charge in [0.05, 0.1) is 30.0 Å². The number of H-pyrrole nitrogens is 1. The molecule has 0 saturated carbocycles. The molecule has 2 aromatic heterocycles. The van der Waals surface area contributed by atoms with Gasteiger partial charge in [-0.2, -0.15) is 10.5 Å². The highest BCUT2D eigenvalue weighted by Crippen LogP contribution is 2.25. The number of piperazine rings is 1. The maximum Gasteiger partial charge on any atom is 0.259 e. The molecule has 3 rings (SSSR count). The van der Waals surface area contributed by atoms with Gasteiger partial charge < -0.3 is 4.98 Å². The van der Waals surface area contributed by atoms with E-state index in [0.717, 1.165) is 48.0 Å². The second-order valence-electron chi connectivity index (χ2n) is 7.08. The Balaban J connectivity index is 1.58. The molecule has 27 heavy (non-hydrogen) atoms. The lowest BCUT2D eigenvalue weighted by Crippen LogP contribution is -2.47. The fourth-order valence-electron chi connectivity index (χ4n) is 3.46. The highest BCUT2D eigenvalue weighted by molar-refractivity contribution is 7.18. The van der Waals surface area contributed by atoms with Gasteiger partial charge in [-0.3, -0.25) is 14.6 Å². The first-order valence-corrected chi connectivity index (χ1v) is 10.0. The number of nitriles is 2. The summed E-state index contributed by atoms with van der Waals surface area (Å²) in [6, 6.07) is 4.42. The minimum atomic E-state index is -0.0815. The first-order chi connectivity index (χ1) is 13.0. The van der Waals surface area contributed by atoms with Gasteiger partial charge in [-0.1, -0.05) is 0 Å². The predicted molar refractivity (Wildman–Crippen MR) is 105 cm³/mol. The summed E-state index contributed by atoms with van der Waals surface area (Å²) in [5.41, 5.74) is 0.970. The number of aromatic nitrogens is 2. The van der Waals surface area contributed by atoms with Gasteiger partial charge in [0, 0.05) is 44.0 Å². The van der Waals surface area contributed by atoms with Crippen molar-refractivity contribution in [3.63, 3.8) is 0 Å². The van der Waals surface area contributed by atoms with Crippen LogP contribution >= 0.6 is 11.3 Å². The number of nitrogens with one attached hydrogen (secondary N) is 1. The number of nitrogens with zero attached hydrogens (tertiary/aromatic N) is 5. The number of hydrogen-bond donors (Lipinski definition) is 1. The molecule has 0 amide bonds. The summed E-state index contributed by atoms with van der Waals surface area (Å²) in [5.74, 6) is 0.632. The van der Waals surface area contributed by atoms with Crippen LogP contribution in [0.1, 0.15) is 29.1 Å². The molecule has 1 N–H and O–H groups in total. The summed E-state index contributed by atoms with van der Waals surface area (Å²) in [4.78, 5) is 26.5. The summed E-state index contributed by atoms with van der Waals surface area (Å²) in [6.45, 7) is 8.86. The highest BCUT2D eigenvalue weighted by Gasteiger charge is 2.21. The molecule has 3 heterocycles. The summed E-state index contributed by atoms with van der Waals surface area (Å²) >= 11 is 1.57. The monoisotopic (exact) mass is 384 g/mol. The normalized spacial score (nSPS) is 16.9. The summed E-state index contributed by atoms with van der Waals surface area (Å²) < 4.78 is 0. The first-order valence-electron chi connectivity index (χ1n) is 9.22. The Bertz CT molecular complexity index is 942. The minimum absolute atomic E-state index is 0.0511. The summed E-state index contributed by atoms with van der Waals surface area (Å²) in [7, 11) is 0. The van der Waals surface area contributed by atoms with Crippen molar-refractivity contribution < 1.29 is 0 Å². The Morgan fingerprint density at radius 2 is 1.93 bits per heavy atom. The SMILES string of the molecule is Cc1sc2nc(CN3CCN(C[C@H](C#N)CCC#N)CC3)[nH]c(=O)c2c1C. The molecule has 0 spiro atoms. The standard InChI is InChI=1S/C19H24N6OS/c1-13-14(2)27-19-17(13)18(26)22-16(23-19)12-25-8-6-24(7-9-25)11-15(10-21)4-3-5-20/h15H,3-4,6-9,11-12H2,1-2H3,(H,22,23,26)/t15-/m0/s1. The molecule has 1 fully saturated rings. The third-order valence-electron chi connectivity index (χ3n) is 5.19. The van der Waals surface area contributed by atoms with E-state index in [9.17, 15) is 10.1 Å². The van der Waals surface area contributed by atoms with Crippen molar-refractivity contribution in [3.8, 4) is 12.1 Å². The second kappa shape index (κ2) is 8.62. The van der Waals surface area contributed by atoms with Gasteiger partial charge in [-0.15, -0.1) is 11.3 Å². The van der Waals surface area contributed by atoms with E-state index in [0.29, 0.717) is 30.6 Å². The molecule has 0 aliphatic carbocycles. The lowest BCUT2D eigenvalue weighted by Gasteiger charge is -2.35. The molecule has 1 aliphatic rings. The topological polar surface area (TPSA) is 99.8 Å². The summed E-state index contributed by atoms with van der Waals surface area (Å²) in [5, 5.41) is 18.6. The van der Waals surface area contributed by atoms with E-state index in [-0.39, 0.29) is 11.5 Å². The van der Waals surface area contributed by atoms with Crippen LogP contribution in [0.3, 0.4) is 0 Å². The Labute approximate surface area is 162 Å². The quantitative estimate of drug-likeness (QED) is 0.819. The maximum atomic E-state index is 12.4. The Morgan fingerprint density at radius 3 is 2.59 bits per heavy atom. The van der Waals surface area contributed by atoms with Crippen molar-refractivity contribution >= 4 is 21.6 Å². The molecule has 0 bridgehead atoms. The van der Waals surface area contributed by atoms with Gasteiger partial charge in [0.2, 0.25) is 0 Å². The van der Waals surface area contributed by atoms with E-state index >= 15 is 0 Å². The van der Waals surface area contributed by atoms with Crippen LogP contribution in [-0.4, -0.2) is 52.5 Å². The largest absolute Gasteiger partial charge is 0.309 e. The zero-order valence-electron chi connectivity index (χ0n) is 15.8. The first kappa shape index (κ1) is 19.5. The molecule has 1 aliphatic heterocycles. The summed E-state index contributed by atoms with van der Waals surface area (Å²) in [6.07, 6.45) is 1.07. The van der Waals surface area contributed by atoms with Gasteiger partial charge >= 0.3 is 0 Å². The molecule has 8 heteroatoms. The lowest BCUT2D eigenvalue weighted by molar-refractivity contribution is 0.116. The van der Waals surface area contributed by atoms with Gasteiger partial charge in [-0.25, -0.2) is 4.98 Å². The van der Waals surface area contributed by atoms with Crippen LogP contribution in [0.15, 0.2) is 4.79 Å². The number of fused-ring (bicyclic) bond motifs is 1. The molecule has 0 unspecified atom stereocenters. The third-order valence-corrected chi connectivity index (χ3v) is 6.29. The van der Waals surface area contributed by atoms with Crippen LogP contribution < -0.4 is 5.56 Å². The van der Waals surface area contributed by atoms with Crippen LogP contribution in [0.2, 0.25) is 0 Å². The van der Waals surface area contributed by atoms with E-state index < -0.39 is 0 Å². The Kier molecular flexibility index (Phi) is 6.22. The van der Waals surface area contributed by atoms with Gasteiger partial charge in [0.15, 0.2) is 0 Å². The number of aromatic amines is 1. The van der Waals surface area contributed by atoms with Crippen molar-refractivity contribution in [3.05, 3.63) is 26.6 Å². The van der Waals surface area contributed by atoms with Crippen LogP contribution in [0, 0.1) is 42.4 Å². The number of aryl methyl sites for hydroxylation is 2. The second-order valence-corrected chi connectivity index (χ2v) is 8.28. The average molecular weight is 385 g/mol. The van der Waals surface area contributed by atoms with E-state index in [2.05, 4.69) is 31.9 Å². The highest BCUT2D eigenvalue weighted by atomic mass is 32.1. The van der Waals surface area contributed by atoms with Crippen molar-refractivity contribution in [1.29, 1.82) is 10.5 Å². The molecule has 2 aromatic rings. The molecule has 1 saturated heterocycles. The van der Waals surface area contributed by atoms with Gasteiger partial charge in [0.25, 0.3) is 5.56 Å². The van der Waals surface area contributed by atoms with E-state index in [1.54, 1.807) is 11.3 Å². The minimum Gasteiger partial charge on any atom is -0.309 e. The fraction of sp³-hybridized carbons (Fsp3) is 0.579. The number of hydrogen-bond acceptors (Lipinski definition) is 7. The molecule has 0 aromatic carbocycles. The number of thiophene rings is 1. The molecule has 7 nitrogen and oxygen atoms in total. The van der Waals surface area contributed by atoms with Crippen molar-refractivity contribution in [2.45, 2.75) is 33.2 Å². The van der Waals surface area contributed by atoms with Crippen LogP contribution in [0.4, 0.5) is 0 Å². The van der Waals surface area contributed by atoms with E-state index in [1.165, 1.54) is 0 Å². The zero-order valence-corrected chi connectivity index (χ0v) is 16.6. The molecule has 142 valence electrons. The van der Waals surface area contributed by atoms with Crippen molar-refractivity contribution in [2.24, 2.45) is 5.92 Å². The molecular weight excluding hydrogens is 360 g/mol. The average Bonchev–Trinajstić information content (AvgIpc) is 2.94. The molecule has 1 atom stereocenters. The van der Waals surface area contributed by atoms with Crippen molar-refractivity contribution in [1.82, 2.24) is 19.8 Å². The Morgan fingerprint density at radius 1 is 1.22 bits per heavy atom. The van der Waals surface area contributed by atoms with Gasteiger partial charge in [-0.05, 0) is 25.8 Å². The number of rotatable bonds is 6. The third kappa shape index (κ3) is 4.54. The van der Waals surface area contributed by atoms with Crippen molar-refractivity contribution in [2.75, 3.05) is 32.7 Å². The van der Waals surface area contributed by atoms with Crippen LogP contribution in [-0.2, 0) is 6.54 Å². The lowest BCUT2D eigenvalue weighted by atomic mass is 10.0. The smallest absolute Gasteiger partial charge is 0.259 e. The van der Waals surface area contributed by atoms with Gasteiger partial charge in [0.1, 0.15) is 10.7 Å². The van der Waals surface area contributed by atoms with E-state index in [1.807, 2.05) is 13.8 Å².